The van der Waals surface area contributed by atoms with E-state index in [1.807, 2.05) is 13.8 Å². The second-order valence-corrected chi connectivity index (χ2v) is 5.61. The van der Waals surface area contributed by atoms with Crippen LogP contribution in [0.15, 0.2) is 0 Å². The molecular weight excluding hydrogens is 216 g/mol. The van der Waals surface area contributed by atoms with Crippen LogP contribution < -0.4 is 0 Å². The van der Waals surface area contributed by atoms with Crippen LogP contribution in [0.1, 0.15) is 107 Å². The van der Waals surface area contributed by atoms with Crippen molar-refractivity contribution < 1.29 is 0 Å². The lowest BCUT2D eigenvalue weighted by Crippen LogP contribution is -2.28. The molecule has 1 saturated carbocycles. The van der Waals surface area contributed by atoms with Crippen LogP contribution in [0.25, 0.3) is 0 Å². The third-order valence-corrected chi connectivity index (χ3v) is 4.04. The minimum absolute atomic E-state index is 0. The van der Waals surface area contributed by atoms with E-state index in [9.17, 15) is 0 Å². The molecule has 0 radical (unpaired) electrons. The van der Waals surface area contributed by atoms with Crippen molar-refractivity contribution in [1.29, 1.82) is 0 Å². The topological polar surface area (TPSA) is 0 Å². The van der Waals surface area contributed by atoms with Crippen molar-refractivity contribution in [1.82, 2.24) is 0 Å². The van der Waals surface area contributed by atoms with Gasteiger partial charge in [-0.15, -0.1) is 0 Å². The standard InChI is InChI=1S/C10H20.C5H12.C2H6.CH4/c1-3-5-7-10(4-2)8-6-9-10;1-4-5(2)3;1-2;/h3-9H2,1-2H3;5H,4H2,1-3H3;1-2H3;1H4. The quantitative estimate of drug-likeness (QED) is 0.479. The van der Waals surface area contributed by atoms with Gasteiger partial charge in [-0.05, 0) is 30.6 Å². The number of hydrogen-bond donors (Lipinski definition) is 0. The molecule has 0 aliphatic heterocycles. The Morgan fingerprint density at radius 1 is 1.00 bits per heavy atom. The lowest BCUT2D eigenvalue weighted by molar-refractivity contribution is 0.110. The molecule has 0 spiro atoms. The van der Waals surface area contributed by atoms with E-state index in [1.54, 1.807) is 0 Å². The smallest absolute Gasteiger partial charge is 0.0300 e. The minimum atomic E-state index is 0. The van der Waals surface area contributed by atoms with E-state index in [0.717, 1.165) is 11.3 Å². The van der Waals surface area contributed by atoms with Crippen LogP contribution >= 0.6 is 0 Å². The fourth-order valence-corrected chi connectivity index (χ4v) is 2.01. The van der Waals surface area contributed by atoms with E-state index in [0.29, 0.717) is 0 Å². The van der Waals surface area contributed by atoms with Crippen molar-refractivity contribution in [3.05, 3.63) is 0 Å². The van der Waals surface area contributed by atoms with Crippen LogP contribution in [0.2, 0.25) is 0 Å². The molecule has 0 heterocycles. The Labute approximate surface area is 119 Å². The lowest BCUT2D eigenvalue weighted by Gasteiger charge is -2.41. The second kappa shape index (κ2) is 15.1. The number of hydrogen-bond acceptors (Lipinski definition) is 0. The first-order valence-corrected chi connectivity index (χ1v) is 8.10. The van der Waals surface area contributed by atoms with Gasteiger partial charge in [-0.2, -0.15) is 0 Å². The Balaban J connectivity index is -0.000000243. The van der Waals surface area contributed by atoms with Gasteiger partial charge in [-0.1, -0.05) is 88.0 Å². The van der Waals surface area contributed by atoms with Crippen LogP contribution in [0.4, 0.5) is 0 Å². The maximum atomic E-state index is 2.36. The van der Waals surface area contributed by atoms with Gasteiger partial charge in [0.25, 0.3) is 0 Å². The summed E-state index contributed by atoms with van der Waals surface area (Å²) in [6, 6.07) is 0. The SMILES string of the molecule is C.CC.CCC(C)C.CCCCC1(CC)CCC1. The van der Waals surface area contributed by atoms with Gasteiger partial charge in [0.1, 0.15) is 0 Å². The number of unbranched alkanes of at least 4 members (excludes halogenated alkanes) is 1. The highest BCUT2D eigenvalue weighted by molar-refractivity contribution is 4.85. The highest BCUT2D eigenvalue weighted by atomic mass is 14.4. The zero-order chi connectivity index (χ0) is 13.7. The number of rotatable bonds is 5. The van der Waals surface area contributed by atoms with Crippen molar-refractivity contribution >= 4 is 0 Å². The van der Waals surface area contributed by atoms with Gasteiger partial charge in [0.15, 0.2) is 0 Å². The molecule has 1 aliphatic carbocycles. The predicted octanol–water partition coefficient (Wildman–Crippen LogP) is 7.47. The highest BCUT2D eigenvalue weighted by Crippen LogP contribution is 2.47. The largest absolute Gasteiger partial charge is 0.0776 e. The summed E-state index contributed by atoms with van der Waals surface area (Å²) in [5.74, 6) is 0.884. The summed E-state index contributed by atoms with van der Waals surface area (Å²) in [6.45, 7) is 15.3. The molecule has 0 nitrogen and oxygen atoms in total. The fourth-order valence-electron chi connectivity index (χ4n) is 2.01. The third-order valence-electron chi connectivity index (χ3n) is 4.04. The van der Waals surface area contributed by atoms with Gasteiger partial charge >= 0.3 is 0 Å². The Kier molecular flexibility index (Phi) is 19.3. The van der Waals surface area contributed by atoms with Gasteiger partial charge in [0.2, 0.25) is 0 Å². The molecule has 0 N–H and O–H groups in total. The summed E-state index contributed by atoms with van der Waals surface area (Å²) in [6.07, 6.45) is 11.6. The van der Waals surface area contributed by atoms with Gasteiger partial charge in [-0.25, -0.2) is 0 Å². The zero-order valence-electron chi connectivity index (χ0n) is 13.7. The average molecular weight is 259 g/mol. The molecule has 0 aromatic rings. The lowest BCUT2D eigenvalue weighted by atomic mass is 9.64. The first kappa shape index (κ1) is 23.1. The molecule has 0 heteroatoms. The molecule has 1 aliphatic rings. The predicted molar refractivity (Wildman–Crippen MR) is 89.3 cm³/mol. The summed E-state index contributed by atoms with van der Waals surface area (Å²) >= 11 is 0. The highest BCUT2D eigenvalue weighted by Gasteiger charge is 2.33. The van der Waals surface area contributed by atoms with Crippen molar-refractivity contribution in [3.63, 3.8) is 0 Å². The first-order chi connectivity index (χ1) is 8.10. The molecule has 0 saturated heterocycles. The van der Waals surface area contributed by atoms with E-state index in [-0.39, 0.29) is 7.43 Å². The van der Waals surface area contributed by atoms with Crippen LogP contribution in [-0.2, 0) is 0 Å². The summed E-state index contributed by atoms with van der Waals surface area (Å²) in [5.41, 5.74) is 0.815. The molecule has 0 bridgehead atoms. The zero-order valence-corrected chi connectivity index (χ0v) is 13.7. The Morgan fingerprint density at radius 2 is 1.44 bits per heavy atom. The first-order valence-electron chi connectivity index (χ1n) is 8.10. The van der Waals surface area contributed by atoms with Crippen molar-refractivity contribution in [2.24, 2.45) is 11.3 Å². The maximum absolute atomic E-state index is 2.36. The molecule has 0 aromatic carbocycles. The van der Waals surface area contributed by atoms with Crippen LogP contribution in [0.5, 0.6) is 0 Å². The van der Waals surface area contributed by atoms with E-state index in [4.69, 9.17) is 0 Å². The summed E-state index contributed by atoms with van der Waals surface area (Å²) in [4.78, 5) is 0. The summed E-state index contributed by atoms with van der Waals surface area (Å²) in [5, 5.41) is 0. The molecule has 1 rings (SSSR count). The molecule has 0 aromatic heterocycles. The fraction of sp³-hybridized carbons (Fsp3) is 1.00. The molecule has 18 heavy (non-hydrogen) atoms. The second-order valence-electron chi connectivity index (χ2n) is 5.61. The van der Waals surface area contributed by atoms with E-state index >= 15 is 0 Å². The maximum Gasteiger partial charge on any atom is -0.0300 e. The Morgan fingerprint density at radius 3 is 1.61 bits per heavy atom. The summed E-state index contributed by atoms with van der Waals surface area (Å²) in [7, 11) is 0. The van der Waals surface area contributed by atoms with E-state index in [2.05, 4.69) is 34.6 Å². The Hall–Kier alpha value is 0. The Bertz CT molecular complexity index is 125. The van der Waals surface area contributed by atoms with Crippen molar-refractivity contribution in [2.45, 2.75) is 107 Å². The van der Waals surface area contributed by atoms with E-state index in [1.165, 1.54) is 51.4 Å². The normalized spacial score (nSPS) is 15.3. The van der Waals surface area contributed by atoms with Crippen LogP contribution in [-0.4, -0.2) is 0 Å². The van der Waals surface area contributed by atoms with Crippen molar-refractivity contribution in [3.8, 4) is 0 Å². The van der Waals surface area contributed by atoms with Crippen molar-refractivity contribution in [2.75, 3.05) is 0 Å². The molecule has 0 amide bonds. The van der Waals surface area contributed by atoms with E-state index < -0.39 is 0 Å². The average Bonchev–Trinajstić information content (AvgIpc) is 2.32. The molecule has 114 valence electrons. The third kappa shape index (κ3) is 11.1. The van der Waals surface area contributed by atoms with Crippen LogP contribution in [0.3, 0.4) is 0 Å². The molecule has 1 fully saturated rings. The molecular formula is C18H42. The van der Waals surface area contributed by atoms with Crippen LogP contribution in [0, 0.1) is 11.3 Å². The van der Waals surface area contributed by atoms with Gasteiger partial charge in [-0.3, -0.25) is 0 Å². The molecule has 0 atom stereocenters. The van der Waals surface area contributed by atoms with Gasteiger partial charge in [0.05, 0.1) is 0 Å². The molecule has 0 unspecified atom stereocenters. The monoisotopic (exact) mass is 258 g/mol. The van der Waals surface area contributed by atoms with Gasteiger partial charge in [0, 0.05) is 0 Å². The minimum Gasteiger partial charge on any atom is -0.0776 e. The summed E-state index contributed by atoms with van der Waals surface area (Å²) < 4.78 is 0. The van der Waals surface area contributed by atoms with Gasteiger partial charge < -0.3 is 0 Å².